The summed E-state index contributed by atoms with van der Waals surface area (Å²) in [6, 6.07) is 2.39. The minimum Gasteiger partial charge on any atom is -0.358 e. The van der Waals surface area contributed by atoms with Crippen molar-refractivity contribution in [2.75, 3.05) is 6.61 Å². The molecular formula is C9H16BrN3O3Si. The van der Waals surface area contributed by atoms with Crippen molar-refractivity contribution in [2.45, 2.75) is 32.4 Å². The van der Waals surface area contributed by atoms with Crippen molar-refractivity contribution < 1.29 is 9.66 Å². The number of hydrogen-bond donors (Lipinski definition) is 0. The quantitative estimate of drug-likeness (QED) is 0.349. The molecule has 1 heterocycles. The SMILES string of the molecule is C[Si](C)(C)CCOCn1nc(Br)cc1[N+](=O)[O-]. The number of rotatable bonds is 6. The third-order valence-electron chi connectivity index (χ3n) is 2.13. The van der Waals surface area contributed by atoms with E-state index in [-0.39, 0.29) is 12.5 Å². The van der Waals surface area contributed by atoms with Crippen molar-refractivity contribution in [1.29, 1.82) is 0 Å². The van der Waals surface area contributed by atoms with Gasteiger partial charge in [0, 0.05) is 14.7 Å². The van der Waals surface area contributed by atoms with Gasteiger partial charge in [0.1, 0.15) is 0 Å². The van der Waals surface area contributed by atoms with Gasteiger partial charge in [0.15, 0.2) is 4.60 Å². The molecule has 0 saturated heterocycles. The van der Waals surface area contributed by atoms with Gasteiger partial charge in [-0.05, 0) is 26.9 Å². The molecular weight excluding hydrogens is 306 g/mol. The Hall–Kier alpha value is -0.733. The van der Waals surface area contributed by atoms with Crippen LogP contribution < -0.4 is 0 Å². The summed E-state index contributed by atoms with van der Waals surface area (Å²) in [6.07, 6.45) is 0. The molecule has 1 rings (SSSR count). The molecule has 6 nitrogen and oxygen atoms in total. The lowest BCUT2D eigenvalue weighted by Crippen LogP contribution is -2.22. The van der Waals surface area contributed by atoms with E-state index in [1.807, 2.05) is 0 Å². The van der Waals surface area contributed by atoms with E-state index < -0.39 is 13.0 Å². The molecule has 0 aliphatic heterocycles. The van der Waals surface area contributed by atoms with Gasteiger partial charge in [-0.15, -0.1) is 4.68 Å². The molecule has 0 aromatic carbocycles. The molecule has 0 aliphatic carbocycles. The van der Waals surface area contributed by atoms with Crippen molar-refractivity contribution in [2.24, 2.45) is 0 Å². The fourth-order valence-electron chi connectivity index (χ4n) is 1.15. The first-order valence-electron chi connectivity index (χ1n) is 5.25. The molecule has 0 saturated carbocycles. The molecule has 0 aliphatic rings. The molecule has 17 heavy (non-hydrogen) atoms. The van der Waals surface area contributed by atoms with Crippen LogP contribution in [0.3, 0.4) is 0 Å². The highest BCUT2D eigenvalue weighted by Crippen LogP contribution is 2.17. The second-order valence-electron chi connectivity index (χ2n) is 4.93. The number of nitrogens with zero attached hydrogens (tertiary/aromatic N) is 3. The van der Waals surface area contributed by atoms with Gasteiger partial charge >= 0.3 is 5.82 Å². The van der Waals surface area contributed by atoms with Crippen molar-refractivity contribution >= 4 is 29.8 Å². The van der Waals surface area contributed by atoms with Crippen molar-refractivity contribution in [3.8, 4) is 0 Å². The van der Waals surface area contributed by atoms with E-state index in [1.54, 1.807) is 0 Å². The lowest BCUT2D eigenvalue weighted by Gasteiger charge is -2.14. The summed E-state index contributed by atoms with van der Waals surface area (Å²) in [5.41, 5.74) is 0. The summed E-state index contributed by atoms with van der Waals surface area (Å²) >= 11 is 3.11. The Morgan fingerprint density at radius 1 is 1.59 bits per heavy atom. The van der Waals surface area contributed by atoms with Crippen LogP contribution >= 0.6 is 15.9 Å². The Balaban J connectivity index is 2.49. The Morgan fingerprint density at radius 2 is 2.24 bits per heavy atom. The van der Waals surface area contributed by atoms with Gasteiger partial charge in [-0.2, -0.15) is 0 Å². The summed E-state index contributed by atoms with van der Waals surface area (Å²) in [4.78, 5) is 10.2. The molecule has 0 amide bonds. The van der Waals surface area contributed by atoms with Gasteiger partial charge in [-0.1, -0.05) is 24.7 Å². The summed E-state index contributed by atoms with van der Waals surface area (Å²) in [6.45, 7) is 7.49. The zero-order chi connectivity index (χ0) is 13.1. The van der Waals surface area contributed by atoms with E-state index in [2.05, 4.69) is 40.7 Å². The highest BCUT2D eigenvalue weighted by atomic mass is 79.9. The topological polar surface area (TPSA) is 70.2 Å². The maximum absolute atomic E-state index is 10.7. The lowest BCUT2D eigenvalue weighted by atomic mass is 10.6. The summed E-state index contributed by atoms with van der Waals surface area (Å²) in [5.74, 6) is -0.0649. The Labute approximate surface area is 109 Å². The number of nitro groups is 1. The average molecular weight is 322 g/mol. The molecule has 0 bridgehead atoms. The van der Waals surface area contributed by atoms with Crippen LogP contribution in [0.1, 0.15) is 0 Å². The largest absolute Gasteiger partial charge is 0.358 e. The van der Waals surface area contributed by atoms with Crippen LogP contribution in [0, 0.1) is 10.1 Å². The van der Waals surface area contributed by atoms with E-state index in [0.29, 0.717) is 11.2 Å². The molecule has 0 radical (unpaired) electrons. The van der Waals surface area contributed by atoms with Gasteiger partial charge in [-0.3, -0.25) is 0 Å². The third kappa shape index (κ3) is 4.96. The molecule has 8 heteroatoms. The molecule has 1 aromatic rings. The van der Waals surface area contributed by atoms with Crippen molar-refractivity contribution in [3.05, 3.63) is 20.8 Å². The van der Waals surface area contributed by atoms with E-state index in [4.69, 9.17) is 4.74 Å². The number of hydrogen-bond acceptors (Lipinski definition) is 4. The van der Waals surface area contributed by atoms with Gasteiger partial charge in [0.2, 0.25) is 6.73 Å². The van der Waals surface area contributed by atoms with Crippen LogP contribution in [0.25, 0.3) is 0 Å². The van der Waals surface area contributed by atoms with E-state index in [1.165, 1.54) is 10.7 Å². The summed E-state index contributed by atoms with van der Waals surface area (Å²) in [7, 11) is -1.12. The van der Waals surface area contributed by atoms with Crippen LogP contribution in [-0.2, 0) is 11.5 Å². The van der Waals surface area contributed by atoms with Gasteiger partial charge < -0.3 is 14.9 Å². The highest BCUT2D eigenvalue weighted by Gasteiger charge is 2.18. The van der Waals surface area contributed by atoms with Crippen LogP contribution in [-0.4, -0.2) is 29.4 Å². The van der Waals surface area contributed by atoms with Crippen LogP contribution in [0.15, 0.2) is 10.7 Å². The predicted octanol–water partition coefficient (Wildman–Crippen LogP) is 2.87. The zero-order valence-corrected chi connectivity index (χ0v) is 12.7. The molecule has 0 fully saturated rings. The molecule has 0 N–H and O–H groups in total. The Kier molecular flexibility index (Phi) is 4.84. The second kappa shape index (κ2) is 5.74. The van der Waals surface area contributed by atoms with Crippen LogP contribution in [0.5, 0.6) is 0 Å². The van der Waals surface area contributed by atoms with Gasteiger partial charge in [0.05, 0.1) is 6.07 Å². The normalized spacial score (nSPS) is 11.8. The Bertz CT molecular complexity index is 403. The smallest absolute Gasteiger partial charge is 0.348 e. The van der Waals surface area contributed by atoms with E-state index in [9.17, 15) is 10.1 Å². The minimum atomic E-state index is -1.12. The van der Waals surface area contributed by atoms with Crippen molar-refractivity contribution in [1.82, 2.24) is 9.78 Å². The summed E-state index contributed by atoms with van der Waals surface area (Å²) < 4.78 is 7.10. The first-order chi connectivity index (χ1) is 7.79. The number of aromatic nitrogens is 2. The maximum Gasteiger partial charge on any atom is 0.348 e. The molecule has 0 atom stereocenters. The Morgan fingerprint density at radius 3 is 2.76 bits per heavy atom. The van der Waals surface area contributed by atoms with Crippen LogP contribution in [0.2, 0.25) is 25.7 Å². The third-order valence-corrected chi connectivity index (χ3v) is 4.22. The predicted molar refractivity (Wildman–Crippen MR) is 70.7 cm³/mol. The van der Waals surface area contributed by atoms with E-state index >= 15 is 0 Å². The first-order valence-corrected chi connectivity index (χ1v) is 9.75. The maximum atomic E-state index is 10.7. The number of halogens is 1. The molecule has 0 spiro atoms. The molecule has 0 unspecified atom stereocenters. The van der Waals surface area contributed by atoms with E-state index in [0.717, 1.165) is 6.04 Å². The van der Waals surface area contributed by atoms with Gasteiger partial charge in [-0.25, -0.2) is 0 Å². The average Bonchev–Trinajstić information content (AvgIpc) is 2.53. The highest BCUT2D eigenvalue weighted by molar-refractivity contribution is 9.10. The monoisotopic (exact) mass is 321 g/mol. The zero-order valence-electron chi connectivity index (χ0n) is 10.1. The fourth-order valence-corrected chi connectivity index (χ4v) is 2.30. The number of ether oxygens (including phenoxy) is 1. The summed E-state index contributed by atoms with van der Waals surface area (Å²) in [5, 5.41) is 14.6. The standard InChI is InChI=1S/C9H16BrN3O3Si/c1-17(2,3)5-4-16-7-12-9(13(14)15)6-8(10)11-12/h6H,4-5,7H2,1-3H3. The second-order valence-corrected chi connectivity index (χ2v) is 11.4. The lowest BCUT2D eigenvalue weighted by molar-refractivity contribution is -0.393. The van der Waals surface area contributed by atoms with Crippen molar-refractivity contribution in [3.63, 3.8) is 0 Å². The minimum absolute atomic E-state index is 0.0649. The van der Waals surface area contributed by atoms with Gasteiger partial charge in [0.25, 0.3) is 0 Å². The van der Waals surface area contributed by atoms with Crippen LogP contribution in [0.4, 0.5) is 5.82 Å². The molecule has 96 valence electrons. The first kappa shape index (κ1) is 14.3. The fraction of sp³-hybridized carbons (Fsp3) is 0.667. The molecule has 1 aromatic heterocycles.